The van der Waals surface area contributed by atoms with Crippen molar-refractivity contribution < 1.29 is 9.18 Å². The monoisotopic (exact) mass is 379 g/mol. The molecule has 0 saturated carbocycles. The van der Waals surface area contributed by atoms with Crippen LogP contribution >= 0.6 is 0 Å². The maximum Gasteiger partial charge on any atom is 0.267 e. The highest BCUT2D eigenvalue weighted by atomic mass is 19.1. The topological polar surface area (TPSA) is 131 Å². The highest BCUT2D eigenvalue weighted by Crippen LogP contribution is 2.46. The van der Waals surface area contributed by atoms with Gasteiger partial charge in [-0.25, -0.2) is 24.0 Å². The van der Waals surface area contributed by atoms with Crippen molar-refractivity contribution in [3.05, 3.63) is 57.6 Å². The predicted molar refractivity (Wildman–Crippen MR) is 98.8 cm³/mol. The van der Waals surface area contributed by atoms with Gasteiger partial charge in [-0.3, -0.25) is 14.7 Å². The summed E-state index contributed by atoms with van der Waals surface area (Å²) in [6, 6.07) is 7.52. The molecule has 28 heavy (non-hydrogen) atoms. The van der Waals surface area contributed by atoms with Gasteiger partial charge in [0.2, 0.25) is 5.91 Å². The van der Waals surface area contributed by atoms with Gasteiger partial charge >= 0.3 is 0 Å². The summed E-state index contributed by atoms with van der Waals surface area (Å²) < 4.78 is 15.1. The van der Waals surface area contributed by atoms with E-state index in [2.05, 4.69) is 25.4 Å². The molecule has 2 aliphatic rings. The zero-order valence-electron chi connectivity index (χ0n) is 14.7. The van der Waals surface area contributed by atoms with E-state index in [1.807, 2.05) is 0 Å². The number of aliphatic imine (C=N–C) groups is 1. The summed E-state index contributed by atoms with van der Waals surface area (Å²) >= 11 is 0. The van der Waals surface area contributed by atoms with Gasteiger partial charge < -0.3 is 11.1 Å². The van der Waals surface area contributed by atoms with Crippen molar-refractivity contribution in [2.45, 2.75) is 18.9 Å². The SMILES string of the molecule is CC12C(=O)Nc3nc(-c4cc(=O)n(Cc5ccccc5F)[nH]4)nc(c31)N=C2N. The van der Waals surface area contributed by atoms with E-state index < -0.39 is 11.2 Å². The van der Waals surface area contributed by atoms with Crippen LogP contribution in [-0.4, -0.2) is 31.5 Å². The first kappa shape index (κ1) is 16.4. The second-order valence-electron chi connectivity index (χ2n) is 6.86. The number of benzene rings is 1. The van der Waals surface area contributed by atoms with E-state index in [9.17, 15) is 14.0 Å². The number of halogens is 1. The minimum atomic E-state index is -1.08. The van der Waals surface area contributed by atoms with Crippen LogP contribution in [0.3, 0.4) is 0 Å². The number of aromatic amines is 1. The van der Waals surface area contributed by atoms with Crippen LogP contribution < -0.4 is 16.6 Å². The van der Waals surface area contributed by atoms with Gasteiger partial charge in [0.25, 0.3) is 5.56 Å². The Hall–Kier alpha value is -3.82. The summed E-state index contributed by atoms with van der Waals surface area (Å²) in [5.74, 6) is 0.219. The van der Waals surface area contributed by atoms with Crippen molar-refractivity contribution >= 4 is 23.4 Å². The zero-order chi connectivity index (χ0) is 19.6. The summed E-state index contributed by atoms with van der Waals surface area (Å²) in [5.41, 5.74) is 5.72. The van der Waals surface area contributed by atoms with Gasteiger partial charge in [-0.2, -0.15) is 0 Å². The molecule has 1 atom stereocenters. The fourth-order valence-corrected chi connectivity index (χ4v) is 3.48. The average Bonchev–Trinajstić information content (AvgIpc) is 3.24. The molecule has 5 rings (SSSR count). The van der Waals surface area contributed by atoms with E-state index in [-0.39, 0.29) is 29.7 Å². The third-order valence-corrected chi connectivity index (χ3v) is 5.13. The Kier molecular flexibility index (Phi) is 3.12. The Morgan fingerprint density at radius 2 is 2.04 bits per heavy atom. The Morgan fingerprint density at radius 3 is 2.82 bits per heavy atom. The van der Waals surface area contributed by atoms with E-state index >= 15 is 0 Å². The quantitative estimate of drug-likeness (QED) is 0.626. The molecular weight excluding hydrogens is 365 g/mol. The van der Waals surface area contributed by atoms with Gasteiger partial charge in [-0.1, -0.05) is 18.2 Å². The molecule has 4 N–H and O–H groups in total. The molecule has 0 saturated heterocycles. The number of carbonyl (C=O) groups is 1. The zero-order valence-corrected chi connectivity index (χ0v) is 14.7. The maximum atomic E-state index is 13.9. The van der Waals surface area contributed by atoms with E-state index in [4.69, 9.17) is 5.73 Å². The lowest BCUT2D eigenvalue weighted by molar-refractivity contribution is -0.118. The van der Waals surface area contributed by atoms with Gasteiger partial charge in [0.1, 0.15) is 28.6 Å². The molecule has 0 radical (unpaired) electrons. The minimum absolute atomic E-state index is 0.0310. The van der Waals surface area contributed by atoms with E-state index in [0.29, 0.717) is 28.5 Å². The molecule has 3 aromatic rings. The number of nitrogens with zero attached hydrogens (tertiary/aromatic N) is 4. The van der Waals surface area contributed by atoms with Gasteiger partial charge in [0.15, 0.2) is 11.6 Å². The van der Waals surface area contributed by atoms with E-state index in [1.165, 1.54) is 16.8 Å². The fraction of sp³-hybridized carbons (Fsp3) is 0.167. The van der Waals surface area contributed by atoms with Crippen LogP contribution in [0.5, 0.6) is 0 Å². The Balaban J connectivity index is 1.57. The van der Waals surface area contributed by atoms with Crippen LogP contribution in [0.25, 0.3) is 11.5 Å². The van der Waals surface area contributed by atoms with Crippen LogP contribution in [0, 0.1) is 5.82 Å². The molecule has 2 aliphatic heterocycles. The number of H-pyrrole nitrogens is 1. The maximum absolute atomic E-state index is 13.9. The molecule has 2 aromatic heterocycles. The van der Waals surface area contributed by atoms with Crippen LogP contribution in [0.15, 0.2) is 40.1 Å². The first-order valence-electron chi connectivity index (χ1n) is 8.50. The number of amidine groups is 1. The molecule has 4 heterocycles. The number of carbonyl (C=O) groups excluding carboxylic acids is 1. The number of hydrogen-bond donors (Lipinski definition) is 3. The molecule has 9 nitrogen and oxygen atoms in total. The number of amides is 1. The predicted octanol–water partition coefficient (Wildman–Crippen LogP) is 1.03. The lowest BCUT2D eigenvalue weighted by Crippen LogP contribution is -2.42. The first-order valence-corrected chi connectivity index (χ1v) is 8.50. The molecule has 0 aliphatic carbocycles. The van der Waals surface area contributed by atoms with Crippen molar-refractivity contribution in [3.63, 3.8) is 0 Å². The lowest BCUT2D eigenvalue weighted by atomic mass is 9.85. The number of rotatable bonds is 3. The molecule has 0 bridgehead atoms. The van der Waals surface area contributed by atoms with E-state index in [1.54, 1.807) is 25.1 Å². The summed E-state index contributed by atoms with van der Waals surface area (Å²) in [7, 11) is 0. The van der Waals surface area contributed by atoms with Crippen LogP contribution in [-0.2, 0) is 16.8 Å². The van der Waals surface area contributed by atoms with Crippen LogP contribution in [0.1, 0.15) is 18.1 Å². The number of nitrogens with one attached hydrogen (secondary N) is 2. The normalized spacial score (nSPS) is 19.5. The van der Waals surface area contributed by atoms with Crippen LogP contribution in [0.2, 0.25) is 0 Å². The van der Waals surface area contributed by atoms with Crippen molar-refractivity contribution in [2.24, 2.45) is 10.7 Å². The highest BCUT2D eigenvalue weighted by molar-refractivity contribution is 6.24. The molecule has 0 spiro atoms. The van der Waals surface area contributed by atoms with Crippen molar-refractivity contribution in [3.8, 4) is 11.5 Å². The smallest absolute Gasteiger partial charge is 0.267 e. The second-order valence-corrected chi connectivity index (χ2v) is 6.86. The molecule has 1 aromatic carbocycles. The number of hydrogen-bond acceptors (Lipinski definition) is 6. The Morgan fingerprint density at radius 1 is 1.25 bits per heavy atom. The lowest BCUT2D eigenvalue weighted by Gasteiger charge is -2.14. The standard InChI is InChI=1S/C18H14FN7O2/c1-18-12-14(23-16(18)20)21-13(22-15(12)24-17(18)28)10-6-11(27)26(25-10)7-8-4-2-3-5-9(8)19/h2-6,25H,7H2,1H3,(H3,20,21,22,23,24,28). The highest BCUT2D eigenvalue weighted by Gasteiger charge is 2.53. The largest absolute Gasteiger partial charge is 0.386 e. The average molecular weight is 379 g/mol. The second kappa shape index (κ2) is 5.35. The number of aromatic nitrogens is 4. The van der Waals surface area contributed by atoms with Crippen molar-refractivity contribution in [2.75, 3.05) is 5.32 Å². The van der Waals surface area contributed by atoms with Gasteiger partial charge in [0, 0.05) is 11.6 Å². The minimum Gasteiger partial charge on any atom is -0.386 e. The van der Waals surface area contributed by atoms with Crippen molar-refractivity contribution in [1.82, 2.24) is 19.7 Å². The van der Waals surface area contributed by atoms with Crippen LogP contribution in [0.4, 0.5) is 16.0 Å². The number of nitrogens with two attached hydrogens (primary N) is 1. The molecule has 1 amide bonds. The molecule has 0 fully saturated rings. The third kappa shape index (κ3) is 2.08. The molecule has 1 unspecified atom stereocenters. The summed E-state index contributed by atoms with van der Waals surface area (Å²) in [5, 5.41) is 5.57. The van der Waals surface area contributed by atoms with E-state index in [0.717, 1.165) is 0 Å². The molecular formula is C18H14FN7O2. The Bertz CT molecular complexity index is 1260. The first-order chi connectivity index (χ1) is 13.4. The Labute approximate surface area is 157 Å². The van der Waals surface area contributed by atoms with Gasteiger partial charge in [-0.15, -0.1) is 0 Å². The summed E-state index contributed by atoms with van der Waals surface area (Å²) in [4.78, 5) is 37.6. The molecule has 140 valence electrons. The fourth-order valence-electron chi connectivity index (χ4n) is 3.48. The van der Waals surface area contributed by atoms with Crippen molar-refractivity contribution in [1.29, 1.82) is 0 Å². The third-order valence-electron chi connectivity index (χ3n) is 5.13. The number of anilines is 1. The van der Waals surface area contributed by atoms with Gasteiger partial charge in [0.05, 0.1) is 12.1 Å². The van der Waals surface area contributed by atoms with Gasteiger partial charge in [-0.05, 0) is 13.0 Å². The summed E-state index contributed by atoms with van der Waals surface area (Å²) in [6.07, 6.45) is 0. The summed E-state index contributed by atoms with van der Waals surface area (Å²) in [6.45, 7) is 1.70. The molecule has 10 heteroatoms.